The maximum Gasteiger partial charge on any atom is 0.309 e. The first-order valence-electron chi connectivity index (χ1n) is 6.86. The quantitative estimate of drug-likeness (QED) is 0.619. The van der Waals surface area contributed by atoms with Gasteiger partial charge < -0.3 is 4.74 Å². The molecule has 0 bridgehead atoms. The molecule has 98 valence electrons. The summed E-state index contributed by atoms with van der Waals surface area (Å²) in [5.74, 6) is 0.494. The molecule has 1 heterocycles. The highest BCUT2D eigenvalue weighted by molar-refractivity contribution is 5.96. The summed E-state index contributed by atoms with van der Waals surface area (Å²) in [5.41, 5.74) is 2.32. The maximum absolute atomic E-state index is 11.9. The lowest BCUT2D eigenvalue weighted by Gasteiger charge is -2.45. The molecule has 1 aliphatic heterocycles. The summed E-state index contributed by atoms with van der Waals surface area (Å²) in [6, 6.07) is 0. The van der Waals surface area contributed by atoms with Gasteiger partial charge in [0.25, 0.3) is 0 Å². The van der Waals surface area contributed by atoms with Crippen LogP contribution in [0.5, 0.6) is 0 Å². The Kier molecular flexibility index (Phi) is 2.45. The van der Waals surface area contributed by atoms with Gasteiger partial charge in [0.15, 0.2) is 5.78 Å². The van der Waals surface area contributed by atoms with E-state index >= 15 is 0 Å². The van der Waals surface area contributed by atoms with Crippen molar-refractivity contribution < 1.29 is 14.3 Å². The number of carbonyl (C=O) groups is 2. The monoisotopic (exact) mass is 248 g/mol. The zero-order chi connectivity index (χ0) is 13.1. The van der Waals surface area contributed by atoms with Crippen LogP contribution in [0.2, 0.25) is 0 Å². The summed E-state index contributed by atoms with van der Waals surface area (Å²) in [7, 11) is 0. The molecule has 18 heavy (non-hydrogen) atoms. The standard InChI is InChI=1S/C15H20O3/c1-8-10-6-11-9(2)12(16)4-5-15(11,3)7-13(10)18-14(8)17/h8,10,13H,4-7H2,1-3H3. The molecule has 0 spiro atoms. The molecule has 0 aromatic heterocycles. The normalized spacial score (nSPS) is 43.6. The summed E-state index contributed by atoms with van der Waals surface area (Å²) < 4.78 is 5.51. The molecule has 3 nitrogen and oxygen atoms in total. The highest BCUT2D eigenvalue weighted by Crippen LogP contribution is 2.54. The smallest absolute Gasteiger partial charge is 0.309 e. The van der Waals surface area contributed by atoms with Gasteiger partial charge in [0, 0.05) is 12.3 Å². The van der Waals surface area contributed by atoms with E-state index in [1.807, 2.05) is 13.8 Å². The highest BCUT2D eigenvalue weighted by atomic mass is 16.6. The Labute approximate surface area is 108 Å². The van der Waals surface area contributed by atoms with Crippen LogP contribution in [0.4, 0.5) is 0 Å². The molecule has 2 fully saturated rings. The number of fused-ring (bicyclic) bond motifs is 2. The zero-order valence-corrected chi connectivity index (χ0v) is 11.3. The second kappa shape index (κ2) is 3.69. The first kappa shape index (κ1) is 11.9. The van der Waals surface area contributed by atoms with Crippen LogP contribution in [0.15, 0.2) is 11.1 Å². The van der Waals surface area contributed by atoms with Crippen molar-refractivity contribution in [3.05, 3.63) is 11.1 Å². The van der Waals surface area contributed by atoms with Crippen LogP contribution < -0.4 is 0 Å². The van der Waals surface area contributed by atoms with Gasteiger partial charge in [-0.15, -0.1) is 0 Å². The van der Waals surface area contributed by atoms with E-state index in [0.717, 1.165) is 24.8 Å². The average Bonchev–Trinajstić information content (AvgIpc) is 2.58. The lowest BCUT2D eigenvalue weighted by molar-refractivity contribution is -0.145. The molecule has 0 amide bonds. The number of ketones is 1. The minimum atomic E-state index is -0.0585. The molecular formula is C15H20O3. The van der Waals surface area contributed by atoms with Gasteiger partial charge in [-0.05, 0) is 37.2 Å². The van der Waals surface area contributed by atoms with Gasteiger partial charge in [-0.1, -0.05) is 19.4 Å². The largest absolute Gasteiger partial charge is 0.462 e. The van der Waals surface area contributed by atoms with Gasteiger partial charge in [-0.3, -0.25) is 9.59 Å². The molecule has 0 radical (unpaired) electrons. The summed E-state index contributed by atoms with van der Waals surface area (Å²) in [5, 5.41) is 0. The molecule has 3 heteroatoms. The summed E-state index contributed by atoms with van der Waals surface area (Å²) >= 11 is 0. The van der Waals surface area contributed by atoms with E-state index in [1.165, 1.54) is 5.57 Å². The van der Waals surface area contributed by atoms with Gasteiger partial charge in [0.2, 0.25) is 0 Å². The van der Waals surface area contributed by atoms with E-state index in [0.29, 0.717) is 12.2 Å². The van der Waals surface area contributed by atoms with Gasteiger partial charge in [0.05, 0.1) is 5.92 Å². The van der Waals surface area contributed by atoms with Gasteiger partial charge in [0.1, 0.15) is 6.10 Å². The van der Waals surface area contributed by atoms with E-state index in [9.17, 15) is 9.59 Å². The Morgan fingerprint density at radius 2 is 2.06 bits per heavy atom. The van der Waals surface area contributed by atoms with Crippen LogP contribution in [-0.4, -0.2) is 17.9 Å². The van der Waals surface area contributed by atoms with Crippen molar-refractivity contribution in [3.8, 4) is 0 Å². The van der Waals surface area contributed by atoms with Gasteiger partial charge in [-0.25, -0.2) is 0 Å². The number of carbonyl (C=O) groups excluding carboxylic acids is 2. The summed E-state index contributed by atoms with van der Waals surface area (Å²) in [4.78, 5) is 23.6. The molecule has 0 aromatic carbocycles. The number of esters is 1. The van der Waals surface area contributed by atoms with Gasteiger partial charge >= 0.3 is 5.97 Å². The Morgan fingerprint density at radius 3 is 2.78 bits per heavy atom. The number of hydrogen-bond donors (Lipinski definition) is 0. The van der Waals surface area contributed by atoms with Crippen molar-refractivity contribution in [2.24, 2.45) is 17.3 Å². The predicted molar refractivity (Wildman–Crippen MR) is 66.8 cm³/mol. The fraction of sp³-hybridized carbons (Fsp3) is 0.733. The second-order valence-corrected chi connectivity index (χ2v) is 6.42. The minimum absolute atomic E-state index is 0.0168. The molecule has 2 aliphatic carbocycles. The van der Waals surface area contributed by atoms with E-state index in [4.69, 9.17) is 4.74 Å². The van der Waals surface area contributed by atoms with Crippen molar-refractivity contribution in [3.63, 3.8) is 0 Å². The molecule has 3 rings (SSSR count). The first-order valence-corrected chi connectivity index (χ1v) is 6.86. The third kappa shape index (κ3) is 1.49. The first-order chi connectivity index (χ1) is 8.42. The predicted octanol–water partition coefficient (Wildman–Crippen LogP) is 2.64. The third-order valence-corrected chi connectivity index (χ3v) is 5.35. The van der Waals surface area contributed by atoms with E-state index < -0.39 is 0 Å². The van der Waals surface area contributed by atoms with Crippen LogP contribution in [0.25, 0.3) is 0 Å². The van der Waals surface area contributed by atoms with Crippen LogP contribution in [0.1, 0.15) is 46.5 Å². The molecule has 3 aliphatic rings. The SMILES string of the molecule is CC1=C2CC3C(CC2(C)CCC1=O)OC(=O)C3C. The number of Topliss-reactive ketones (excluding diaryl/α,β-unsaturated/α-hetero) is 1. The van der Waals surface area contributed by atoms with Crippen LogP contribution >= 0.6 is 0 Å². The highest BCUT2D eigenvalue weighted by Gasteiger charge is 2.52. The zero-order valence-electron chi connectivity index (χ0n) is 11.3. The number of hydrogen-bond acceptors (Lipinski definition) is 3. The Bertz CT molecular complexity index is 462. The Morgan fingerprint density at radius 1 is 1.33 bits per heavy atom. The maximum atomic E-state index is 11.9. The molecule has 4 unspecified atom stereocenters. The minimum Gasteiger partial charge on any atom is -0.462 e. The van der Waals surface area contributed by atoms with E-state index in [-0.39, 0.29) is 29.3 Å². The molecule has 0 N–H and O–H groups in total. The Balaban J connectivity index is 2.00. The topological polar surface area (TPSA) is 43.4 Å². The van der Waals surface area contributed by atoms with Crippen LogP contribution in [0.3, 0.4) is 0 Å². The molecular weight excluding hydrogens is 228 g/mol. The summed E-state index contributed by atoms with van der Waals surface area (Å²) in [6.07, 6.45) is 3.39. The van der Waals surface area contributed by atoms with Crippen LogP contribution in [-0.2, 0) is 14.3 Å². The molecule has 0 aromatic rings. The fourth-order valence-electron chi connectivity index (χ4n) is 4.00. The van der Waals surface area contributed by atoms with E-state index in [1.54, 1.807) is 0 Å². The van der Waals surface area contributed by atoms with Crippen molar-refractivity contribution >= 4 is 11.8 Å². The third-order valence-electron chi connectivity index (χ3n) is 5.35. The van der Waals surface area contributed by atoms with E-state index in [2.05, 4.69) is 6.92 Å². The molecule has 1 saturated heterocycles. The second-order valence-electron chi connectivity index (χ2n) is 6.42. The van der Waals surface area contributed by atoms with Gasteiger partial charge in [-0.2, -0.15) is 0 Å². The number of ether oxygens (including phenoxy) is 1. The van der Waals surface area contributed by atoms with Crippen LogP contribution in [0, 0.1) is 17.3 Å². The molecule has 4 atom stereocenters. The van der Waals surface area contributed by atoms with Crippen molar-refractivity contribution in [2.75, 3.05) is 0 Å². The van der Waals surface area contributed by atoms with Crippen molar-refractivity contribution in [1.29, 1.82) is 0 Å². The number of allylic oxidation sites excluding steroid dienone is 2. The fourth-order valence-corrected chi connectivity index (χ4v) is 4.00. The van der Waals surface area contributed by atoms with Crippen molar-refractivity contribution in [1.82, 2.24) is 0 Å². The lowest BCUT2D eigenvalue weighted by atomic mass is 9.59. The number of rotatable bonds is 0. The van der Waals surface area contributed by atoms with Crippen molar-refractivity contribution in [2.45, 2.75) is 52.6 Å². The average molecular weight is 248 g/mol. The summed E-state index contributed by atoms with van der Waals surface area (Å²) in [6.45, 7) is 6.14. The Hall–Kier alpha value is -1.12. The molecule has 1 saturated carbocycles. The lowest BCUT2D eigenvalue weighted by Crippen LogP contribution is -2.40.